The molecule has 2 nitrogen and oxygen atoms in total. The van der Waals surface area contributed by atoms with Crippen molar-refractivity contribution >= 4 is 5.91 Å². The Morgan fingerprint density at radius 1 is 1.67 bits per heavy atom. The van der Waals surface area contributed by atoms with Gasteiger partial charge in [-0.2, -0.15) is 0 Å². The first-order chi connectivity index (χ1) is 4.16. The van der Waals surface area contributed by atoms with Gasteiger partial charge in [0.1, 0.15) is 0 Å². The van der Waals surface area contributed by atoms with Crippen molar-refractivity contribution in [1.82, 2.24) is 0 Å². The minimum atomic E-state index is -0.185. The van der Waals surface area contributed by atoms with Crippen LogP contribution in [0.15, 0.2) is 0 Å². The quantitative estimate of drug-likeness (QED) is 0.610. The van der Waals surface area contributed by atoms with Crippen LogP contribution >= 0.6 is 0 Å². The summed E-state index contributed by atoms with van der Waals surface area (Å²) in [4.78, 5) is 10.2. The zero-order chi connectivity index (χ0) is 7.28. The number of hydrogen-bond donors (Lipinski definition) is 1. The fourth-order valence-corrected chi connectivity index (χ4v) is 0.593. The van der Waals surface area contributed by atoms with Crippen molar-refractivity contribution in [3.05, 3.63) is 0 Å². The Bertz CT molecular complexity index is 90.9. The fourth-order valence-electron chi connectivity index (χ4n) is 0.593. The Kier molecular flexibility index (Phi) is 4.10. The molecular formula is C7H15NO. The highest BCUT2D eigenvalue weighted by atomic mass is 16.1. The molecule has 9 heavy (non-hydrogen) atoms. The zero-order valence-electron chi connectivity index (χ0n) is 6.18. The summed E-state index contributed by atoms with van der Waals surface area (Å²) in [5, 5.41) is 0. The van der Waals surface area contributed by atoms with Gasteiger partial charge < -0.3 is 5.73 Å². The first-order valence-corrected chi connectivity index (χ1v) is 3.45. The predicted octanol–water partition coefficient (Wildman–Crippen LogP) is 1.30. The molecule has 2 heteroatoms. The van der Waals surface area contributed by atoms with E-state index in [2.05, 4.69) is 13.8 Å². The summed E-state index contributed by atoms with van der Waals surface area (Å²) in [5.74, 6) is 0.452. The molecule has 0 aromatic carbocycles. The summed E-state index contributed by atoms with van der Waals surface area (Å²) in [6.07, 6.45) is 2.61. The zero-order valence-corrected chi connectivity index (χ0v) is 6.18. The normalized spacial score (nSPS) is 13.1. The van der Waals surface area contributed by atoms with Gasteiger partial charge in [0.25, 0.3) is 0 Å². The number of carbonyl (C=O) groups is 1. The monoisotopic (exact) mass is 129 g/mol. The van der Waals surface area contributed by atoms with E-state index in [9.17, 15) is 4.79 Å². The lowest BCUT2D eigenvalue weighted by molar-refractivity contribution is -0.118. The van der Waals surface area contributed by atoms with E-state index in [-0.39, 0.29) is 5.91 Å². The Labute approximate surface area is 56.4 Å². The van der Waals surface area contributed by atoms with E-state index < -0.39 is 0 Å². The molecule has 1 unspecified atom stereocenters. The maximum absolute atomic E-state index is 10.2. The van der Waals surface area contributed by atoms with E-state index in [0.717, 1.165) is 12.8 Å². The van der Waals surface area contributed by atoms with E-state index in [1.165, 1.54) is 0 Å². The van der Waals surface area contributed by atoms with Gasteiger partial charge in [0.05, 0.1) is 0 Å². The average Bonchev–Trinajstić information content (AvgIpc) is 1.83. The molecule has 0 aromatic heterocycles. The van der Waals surface area contributed by atoms with E-state index >= 15 is 0 Å². The summed E-state index contributed by atoms with van der Waals surface area (Å²) >= 11 is 0. The molecule has 0 aliphatic rings. The minimum Gasteiger partial charge on any atom is -0.370 e. The van der Waals surface area contributed by atoms with Crippen LogP contribution in [0.25, 0.3) is 0 Å². The summed E-state index contributed by atoms with van der Waals surface area (Å²) in [6.45, 7) is 4.24. The van der Waals surface area contributed by atoms with E-state index in [1.54, 1.807) is 0 Å². The lowest BCUT2D eigenvalue weighted by Crippen LogP contribution is -2.11. The Hall–Kier alpha value is -0.530. The number of nitrogens with two attached hydrogens (primary N) is 1. The molecule has 0 radical (unpaired) electrons. The second kappa shape index (κ2) is 4.36. The number of amides is 1. The van der Waals surface area contributed by atoms with Crippen LogP contribution in [0.4, 0.5) is 0 Å². The highest BCUT2D eigenvalue weighted by Gasteiger charge is 1.99. The summed E-state index contributed by atoms with van der Waals surface area (Å²) < 4.78 is 0. The van der Waals surface area contributed by atoms with Gasteiger partial charge in [-0.25, -0.2) is 0 Å². The lowest BCUT2D eigenvalue weighted by atomic mass is 10.0. The molecule has 0 rings (SSSR count). The SMILES string of the molecule is CCC(C)CCC(N)=O. The largest absolute Gasteiger partial charge is 0.370 e. The van der Waals surface area contributed by atoms with Crippen molar-refractivity contribution < 1.29 is 4.79 Å². The van der Waals surface area contributed by atoms with Gasteiger partial charge in [-0.1, -0.05) is 20.3 Å². The van der Waals surface area contributed by atoms with Crippen LogP contribution in [0.1, 0.15) is 33.1 Å². The molecule has 0 aliphatic heterocycles. The third-order valence-electron chi connectivity index (χ3n) is 1.58. The van der Waals surface area contributed by atoms with Crippen LogP contribution in [0.3, 0.4) is 0 Å². The van der Waals surface area contributed by atoms with Crippen molar-refractivity contribution in [3.63, 3.8) is 0 Å². The van der Waals surface area contributed by atoms with Crippen LogP contribution in [0.2, 0.25) is 0 Å². The van der Waals surface area contributed by atoms with Crippen LogP contribution in [-0.4, -0.2) is 5.91 Å². The third-order valence-corrected chi connectivity index (χ3v) is 1.58. The third kappa shape index (κ3) is 5.34. The smallest absolute Gasteiger partial charge is 0.217 e. The molecule has 0 saturated carbocycles. The predicted molar refractivity (Wildman–Crippen MR) is 37.9 cm³/mol. The number of carbonyl (C=O) groups excluding carboxylic acids is 1. The van der Waals surface area contributed by atoms with E-state index in [0.29, 0.717) is 12.3 Å². The van der Waals surface area contributed by atoms with Crippen molar-refractivity contribution in [2.75, 3.05) is 0 Å². The Morgan fingerprint density at radius 2 is 2.22 bits per heavy atom. The van der Waals surface area contributed by atoms with Gasteiger partial charge in [0.2, 0.25) is 5.91 Å². The van der Waals surface area contributed by atoms with Gasteiger partial charge in [-0.05, 0) is 12.3 Å². The average molecular weight is 129 g/mol. The van der Waals surface area contributed by atoms with Gasteiger partial charge >= 0.3 is 0 Å². The molecule has 0 fully saturated rings. The molecule has 1 atom stereocenters. The van der Waals surface area contributed by atoms with Crippen LogP contribution in [0, 0.1) is 5.92 Å². The van der Waals surface area contributed by atoms with Crippen molar-refractivity contribution in [3.8, 4) is 0 Å². The highest BCUT2D eigenvalue weighted by molar-refractivity contribution is 5.73. The molecule has 54 valence electrons. The number of primary amides is 1. The van der Waals surface area contributed by atoms with Gasteiger partial charge in [0, 0.05) is 6.42 Å². The molecule has 0 aromatic rings. The molecule has 2 N–H and O–H groups in total. The Balaban J connectivity index is 3.16. The molecule has 0 bridgehead atoms. The second-order valence-electron chi connectivity index (χ2n) is 2.52. The van der Waals surface area contributed by atoms with E-state index in [4.69, 9.17) is 5.73 Å². The van der Waals surface area contributed by atoms with Crippen molar-refractivity contribution in [1.29, 1.82) is 0 Å². The van der Waals surface area contributed by atoms with Gasteiger partial charge in [0.15, 0.2) is 0 Å². The fraction of sp³-hybridized carbons (Fsp3) is 0.857. The summed E-state index contributed by atoms with van der Waals surface area (Å²) in [7, 11) is 0. The second-order valence-corrected chi connectivity index (χ2v) is 2.52. The Morgan fingerprint density at radius 3 is 2.56 bits per heavy atom. The highest BCUT2D eigenvalue weighted by Crippen LogP contribution is 2.07. The molecule has 0 spiro atoms. The minimum absolute atomic E-state index is 0.185. The van der Waals surface area contributed by atoms with Crippen molar-refractivity contribution in [2.24, 2.45) is 11.7 Å². The first kappa shape index (κ1) is 8.47. The van der Waals surface area contributed by atoms with Crippen LogP contribution < -0.4 is 5.73 Å². The summed E-state index contributed by atoms with van der Waals surface area (Å²) in [6, 6.07) is 0. The van der Waals surface area contributed by atoms with Crippen LogP contribution in [-0.2, 0) is 4.79 Å². The van der Waals surface area contributed by atoms with Crippen LogP contribution in [0.5, 0.6) is 0 Å². The topological polar surface area (TPSA) is 43.1 Å². The van der Waals surface area contributed by atoms with Gasteiger partial charge in [-0.3, -0.25) is 4.79 Å². The molecular weight excluding hydrogens is 114 g/mol. The first-order valence-electron chi connectivity index (χ1n) is 3.45. The number of hydrogen-bond acceptors (Lipinski definition) is 1. The maximum Gasteiger partial charge on any atom is 0.217 e. The maximum atomic E-state index is 10.2. The van der Waals surface area contributed by atoms with Crippen molar-refractivity contribution in [2.45, 2.75) is 33.1 Å². The standard InChI is InChI=1S/C7H15NO/c1-3-6(2)4-5-7(8)9/h6H,3-5H2,1-2H3,(H2,8,9). The van der Waals surface area contributed by atoms with Gasteiger partial charge in [-0.15, -0.1) is 0 Å². The lowest BCUT2D eigenvalue weighted by Gasteiger charge is -2.03. The molecule has 0 aliphatic carbocycles. The number of rotatable bonds is 4. The summed E-state index contributed by atoms with van der Waals surface area (Å²) in [5.41, 5.74) is 4.96. The molecule has 0 saturated heterocycles. The molecule has 0 heterocycles. The molecule has 1 amide bonds. The van der Waals surface area contributed by atoms with E-state index in [1.807, 2.05) is 0 Å².